The molecule has 1 aromatic carbocycles. The van der Waals surface area contributed by atoms with Gasteiger partial charge < -0.3 is 20.3 Å². The van der Waals surface area contributed by atoms with E-state index in [9.17, 15) is 4.79 Å². The molecule has 5 nitrogen and oxygen atoms in total. The van der Waals surface area contributed by atoms with Crippen LogP contribution in [0.1, 0.15) is 29.6 Å². The number of hydrogen-bond acceptors (Lipinski definition) is 4. The van der Waals surface area contributed by atoms with E-state index in [1.807, 2.05) is 0 Å². The molecule has 2 aliphatic rings. The molecule has 1 amide bonds. The molecule has 126 valence electrons. The average Bonchev–Trinajstić information content (AvgIpc) is 2.57. The lowest BCUT2D eigenvalue weighted by Gasteiger charge is -2.42. The summed E-state index contributed by atoms with van der Waals surface area (Å²) in [7, 11) is 3.36. The van der Waals surface area contributed by atoms with Crippen LogP contribution in [0.15, 0.2) is 12.1 Å². The Kier molecular flexibility index (Phi) is 4.97. The fraction of sp³-hybridized carbons (Fsp3) is 0.588. The van der Waals surface area contributed by atoms with Crippen LogP contribution in [0.5, 0.6) is 5.75 Å². The van der Waals surface area contributed by atoms with Crippen LogP contribution in [0.2, 0.25) is 5.02 Å². The van der Waals surface area contributed by atoms with E-state index in [0.29, 0.717) is 22.3 Å². The Bertz CT molecular complexity index is 593. The molecule has 3 atom stereocenters. The van der Waals surface area contributed by atoms with Crippen molar-refractivity contribution < 1.29 is 9.53 Å². The van der Waals surface area contributed by atoms with Crippen LogP contribution in [0, 0.1) is 5.92 Å². The maximum absolute atomic E-state index is 12.7. The first-order valence-corrected chi connectivity index (χ1v) is 8.58. The van der Waals surface area contributed by atoms with Crippen LogP contribution in [-0.2, 0) is 0 Å². The van der Waals surface area contributed by atoms with E-state index in [0.717, 1.165) is 25.2 Å². The minimum absolute atomic E-state index is 0.101. The summed E-state index contributed by atoms with van der Waals surface area (Å²) in [5, 5.41) is 6.72. The minimum Gasteiger partial charge on any atom is -0.496 e. The molecule has 3 unspecified atom stereocenters. The Morgan fingerprint density at radius 3 is 2.91 bits per heavy atom. The molecule has 0 aromatic heterocycles. The largest absolute Gasteiger partial charge is 0.496 e. The zero-order valence-electron chi connectivity index (χ0n) is 13.7. The van der Waals surface area contributed by atoms with Gasteiger partial charge in [-0.15, -0.1) is 0 Å². The number of halogens is 1. The highest BCUT2D eigenvalue weighted by atomic mass is 35.5. The second kappa shape index (κ2) is 6.97. The number of anilines is 1. The van der Waals surface area contributed by atoms with E-state index >= 15 is 0 Å². The number of hydrogen-bond donors (Lipinski definition) is 2. The maximum atomic E-state index is 12.7. The zero-order chi connectivity index (χ0) is 16.4. The maximum Gasteiger partial charge on any atom is 0.255 e. The van der Waals surface area contributed by atoms with Crippen molar-refractivity contribution in [3.05, 3.63) is 22.7 Å². The number of methoxy groups -OCH3 is 1. The summed E-state index contributed by atoms with van der Waals surface area (Å²) in [6, 6.07) is 3.68. The summed E-state index contributed by atoms with van der Waals surface area (Å²) in [5.41, 5.74) is 1.25. The van der Waals surface area contributed by atoms with Crippen molar-refractivity contribution in [2.24, 2.45) is 5.92 Å². The van der Waals surface area contributed by atoms with E-state index in [-0.39, 0.29) is 11.9 Å². The summed E-state index contributed by atoms with van der Waals surface area (Å²) in [5.74, 6) is 0.993. The van der Waals surface area contributed by atoms with Gasteiger partial charge in [0, 0.05) is 32.2 Å². The molecule has 2 bridgehead atoms. The normalized spacial score (nSPS) is 26.5. The van der Waals surface area contributed by atoms with Crippen molar-refractivity contribution in [2.45, 2.75) is 25.3 Å². The number of nitrogens with one attached hydrogen (secondary N) is 2. The molecule has 2 saturated heterocycles. The van der Waals surface area contributed by atoms with Gasteiger partial charge in [-0.2, -0.15) is 0 Å². The number of amides is 1. The van der Waals surface area contributed by atoms with E-state index in [1.54, 1.807) is 26.3 Å². The Morgan fingerprint density at radius 1 is 1.35 bits per heavy atom. The summed E-state index contributed by atoms with van der Waals surface area (Å²) < 4.78 is 5.37. The number of benzene rings is 1. The van der Waals surface area contributed by atoms with Crippen molar-refractivity contribution in [2.75, 3.05) is 39.1 Å². The second-order valence-corrected chi connectivity index (χ2v) is 6.76. The molecular formula is C17H24ClN3O2. The quantitative estimate of drug-likeness (QED) is 0.886. The van der Waals surface area contributed by atoms with Crippen LogP contribution in [0.25, 0.3) is 0 Å². The first-order chi connectivity index (χ1) is 11.1. The summed E-state index contributed by atoms with van der Waals surface area (Å²) >= 11 is 6.22. The predicted molar refractivity (Wildman–Crippen MR) is 92.6 cm³/mol. The topological polar surface area (TPSA) is 53.6 Å². The highest BCUT2D eigenvalue weighted by Crippen LogP contribution is 2.32. The van der Waals surface area contributed by atoms with Crippen LogP contribution >= 0.6 is 11.6 Å². The standard InChI is InChI=1S/C17H24ClN3O2/c1-19-15-9-16(23-2)12(8-13(15)18)17(22)20-14-5-7-21-6-3-4-11(14)10-21/h8-9,11,14,19H,3-7,10H2,1-2H3,(H,20,22). The molecule has 2 fully saturated rings. The number of piperidine rings is 2. The Morgan fingerprint density at radius 2 is 2.17 bits per heavy atom. The van der Waals surface area contributed by atoms with Gasteiger partial charge in [0.2, 0.25) is 0 Å². The number of ether oxygens (including phenoxy) is 1. The predicted octanol–water partition coefficient (Wildman–Crippen LogP) is 2.60. The molecule has 1 aromatic rings. The molecule has 2 aliphatic heterocycles. The number of carbonyl (C=O) groups is 1. The lowest BCUT2D eigenvalue weighted by molar-refractivity contribution is 0.0737. The molecule has 6 heteroatoms. The van der Waals surface area contributed by atoms with Gasteiger partial charge in [0.1, 0.15) is 5.75 Å². The van der Waals surface area contributed by atoms with Crippen molar-refractivity contribution in [1.29, 1.82) is 0 Å². The molecule has 0 spiro atoms. The van der Waals surface area contributed by atoms with Gasteiger partial charge in [-0.3, -0.25) is 4.79 Å². The van der Waals surface area contributed by atoms with Gasteiger partial charge >= 0.3 is 0 Å². The smallest absolute Gasteiger partial charge is 0.255 e. The lowest BCUT2D eigenvalue weighted by atomic mass is 9.85. The summed E-state index contributed by atoms with van der Waals surface area (Å²) in [6.45, 7) is 3.37. The third kappa shape index (κ3) is 3.40. The van der Waals surface area contributed by atoms with Gasteiger partial charge in [0.05, 0.1) is 23.4 Å². The van der Waals surface area contributed by atoms with Crippen molar-refractivity contribution in [1.82, 2.24) is 10.2 Å². The Hall–Kier alpha value is -1.46. The van der Waals surface area contributed by atoms with E-state index in [4.69, 9.17) is 16.3 Å². The molecular weight excluding hydrogens is 314 g/mol. The molecule has 2 N–H and O–H groups in total. The minimum atomic E-state index is -0.101. The fourth-order valence-electron chi connectivity index (χ4n) is 3.71. The summed E-state index contributed by atoms with van der Waals surface area (Å²) in [6.07, 6.45) is 3.43. The lowest BCUT2D eigenvalue weighted by Crippen LogP contribution is -2.53. The van der Waals surface area contributed by atoms with Crippen molar-refractivity contribution >= 4 is 23.2 Å². The number of fused-ring (bicyclic) bond motifs is 2. The third-order valence-electron chi connectivity index (χ3n) is 4.99. The van der Waals surface area contributed by atoms with Gasteiger partial charge in [-0.25, -0.2) is 0 Å². The number of rotatable bonds is 4. The monoisotopic (exact) mass is 337 g/mol. The average molecular weight is 338 g/mol. The van der Waals surface area contributed by atoms with Crippen LogP contribution < -0.4 is 15.4 Å². The van der Waals surface area contributed by atoms with Crippen molar-refractivity contribution in [3.63, 3.8) is 0 Å². The van der Waals surface area contributed by atoms with Gasteiger partial charge in [-0.05, 0) is 37.8 Å². The van der Waals surface area contributed by atoms with Crippen LogP contribution in [0.3, 0.4) is 0 Å². The highest BCUT2D eigenvalue weighted by Gasteiger charge is 2.33. The molecule has 3 rings (SSSR count). The molecule has 0 aliphatic carbocycles. The van der Waals surface area contributed by atoms with Crippen molar-refractivity contribution in [3.8, 4) is 5.75 Å². The highest BCUT2D eigenvalue weighted by molar-refractivity contribution is 6.33. The van der Waals surface area contributed by atoms with E-state index in [1.165, 1.54) is 19.4 Å². The molecule has 23 heavy (non-hydrogen) atoms. The van der Waals surface area contributed by atoms with Crippen LogP contribution in [0.4, 0.5) is 5.69 Å². The fourth-order valence-corrected chi connectivity index (χ4v) is 3.97. The van der Waals surface area contributed by atoms with Crippen LogP contribution in [-0.4, -0.2) is 50.6 Å². The molecule has 0 saturated carbocycles. The SMILES string of the molecule is CNc1cc(OC)c(C(=O)NC2CCN3CCCC2C3)cc1Cl. The van der Waals surface area contributed by atoms with E-state index in [2.05, 4.69) is 15.5 Å². The van der Waals surface area contributed by atoms with Gasteiger partial charge in [-0.1, -0.05) is 11.6 Å². The van der Waals surface area contributed by atoms with E-state index < -0.39 is 0 Å². The molecule has 0 radical (unpaired) electrons. The third-order valence-corrected chi connectivity index (χ3v) is 5.30. The number of nitrogens with zero attached hydrogens (tertiary/aromatic N) is 1. The Balaban J connectivity index is 1.76. The Labute approximate surface area is 142 Å². The van der Waals surface area contributed by atoms with Gasteiger partial charge in [0.25, 0.3) is 5.91 Å². The summed E-state index contributed by atoms with van der Waals surface area (Å²) in [4.78, 5) is 15.2. The first kappa shape index (κ1) is 16.4. The first-order valence-electron chi connectivity index (χ1n) is 8.21. The van der Waals surface area contributed by atoms with Gasteiger partial charge in [0.15, 0.2) is 0 Å². The molecule has 2 heterocycles. The second-order valence-electron chi connectivity index (χ2n) is 6.35. The zero-order valence-corrected chi connectivity index (χ0v) is 14.4. The number of carbonyl (C=O) groups excluding carboxylic acids is 1.